The van der Waals surface area contributed by atoms with Crippen molar-refractivity contribution in [2.75, 3.05) is 20.3 Å². The summed E-state index contributed by atoms with van der Waals surface area (Å²) in [6.07, 6.45) is 0. The third kappa shape index (κ3) is 2.28. The summed E-state index contributed by atoms with van der Waals surface area (Å²) in [5, 5.41) is 9.03. The molecular formula is C9H16N2O2. The first kappa shape index (κ1) is 10.2. The van der Waals surface area contributed by atoms with E-state index in [4.69, 9.17) is 9.84 Å². The van der Waals surface area contributed by atoms with E-state index < -0.39 is 0 Å². The first-order valence-electron chi connectivity index (χ1n) is 4.43. The molecule has 0 saturated heterocycles. The van der Waals surface area contributed by atoms with Crippen LogP contribution in [0.5, 0.6) is 0 Å². The molecule has 0 bridgehead atoms. The highest BCUT2D eigenvalue weighted by Crippen LogP contribution is 2.12. The maximum absolute atomic E-state index is 9.03. The second-order valence-electron chi connectivity index (χ2n) is 3.38. The minimum absolute atomic E-state index is 0.0106. The fraction of sp³-hybridized carbons (Fsp3) is 0.778. The van der Waals surface area contributed by atoms with Crippen molar-refractivity contribution < 1.29 is 9.84 Å². The molecule has 0 radical (unpaired) electrons. The number of ether oxygens (including phenoxy) is 1. The van der Waals surface area contributed by atoms with Crippen LogP contribution >= 0.6 is 0 Å². The predicted molar refractivity (Wildman–Crippen MR) is 52.5 cm³/mol. The van der Waals surface area contributed by atoms with Gasteiger partial charge in [0.1, 0.15) is 6.54 Å². The Morgan fingerprint density at radius 3 is 2.77 bits per heavy atom. The Labute approximate surface area is 78.4 Å². The van der Waals surface area contributed by atoms with Crippen LogP contribution in [0.3, 0.4) is 0 Å². The predicted octanol–water partition coefficient (Wildman–Crippen LogP) is 0.503. The van der Waals surface area contributed by atoms with Crippen molar-refractivity contribution in [2.24, 2.45) is 15.9 Å². The maximum Gasteiger partial charge on any atom is 0.205 e. The SMILES string of the molecule is COC1=N[C@H](C(C)C)C(CO)=NC1. The van der Waals surface area contributed by atoms with Gasteiger partial charge in [-0.1, -0.05) is 13.8 Å². The molecule has 0 spiro atoms. The van der Waals surface area contributed by atoms with Crippen LogP contribution in [-0.4, -0.2) is 43.0 Å². The second-order valence-corrected chi connectivity index (χ2v) is 3.38. The zero-order chi connectivity index (χ0) is 9.84. The molecule has 4 heteroatoms. The van der Waals surface area contributed by atoms with Crippen LogP contribution in [0.2, 0.25) is 0 Å². The number of hydrogen-bond donors (Lipinski definition) is 1. The lowest BCUT2D eigenvalue weighted by Crippen LogP contribution is -2.33. The zero-order valence-electron chi connectivity index (χ0n) is 8.32. The summed E-state index contributed by atoms with van der Waals surface area (Å²) >= 11 is 0. The van der Waals surface area contributed by atoms with E-state index in [1.54, 1.807) is 7.11 Å². The normalized spacial score (nSPS) is 22.7. The number of hydrogen-bond acceptors (Lipinski definition) is 4. The van der Waals surface area contributed by atoms with Gasteiger partial charge in [-0.2, -0.15) is 0 Å². The highest BCUT2D eigenvalue weighted by molar-refractivity contribution is 5.97. The number of nitrogens with zero attached hydrogens (tertiary/aromatic N) is 2. The number of aliphatic hydroxyl groups excluding tert-OH is 1. The summed E-state index contributed by atoms with van der Waals surface area (Å²) in [6, 6.07) is -0.0197. The third-order valence-corrected chi connectivity index (χ3v) is 2.07. The molecule has 0 unspecified atom stereocenters. The van der Waals surface area contributed by atoms with Crippen LogP contribution in [0.15, 0.2) is 9.98 Å². The fourth-order valence-electron chi connectivity index (χ4n) is 1.33. The van der Waals surface area contributed by atoms with Crippen LogP contribution in [0.25, 0.3) is 0 Å². The molecule has 0 fully saturated rings. The van der Waals surface area contributed by atoms with Crippen molar-refractivity contribution in [3.63, 3.8) is 0 Å². The molecule has 1 heterocycles. The molecule has 1 atom stereocenters. The van der Waals surface area contributed by atoms with Gasteiger partial charge in [0.2, 0.25) is 5.90 Å². The smallest absolute Gasteiger partial charge is 0.205 e. The largest absolute Gasteiger partial charge is 0.483 e. The Morgan fingerprint density at radius 1 is 1.62 bits per heavy atom. The Balaban J connectivity index is 2.78. The van der Waals surface area contributed by atoms with Crippen LogP contribution in [0.1, 0.15) is 13.8 Å². The van der Waals surface area contributed by atoms with Gasteiger partial charge in [0.05, 0.1) is 25.5 Å². The van der Waals surface area contributed by atoms with Crippen LogP contribution in [0.4, 0.5) is 0 Å². The summed E-state index contributed by atoms with van der Waals surface area (Å²) in [5.74, 6) is 0.993. The van der Waals surface area contributed by atoms with E-state index >= 15 is 0 Å². The summed E-state index contributed by atoms with van der Waals surface area (Å²) in [4.78, 5) is 8.57. The van der Waals surface area contributed by atoms with Gasteiger partial charge in [-0.05, 0) is 5.92 Å². The first-order valence-corrected chi connectivity index (χ1v) is 4.43. The molecule has 1 rings (SSSR count). The molecule has 13 heavy (non-hydrogen) atoms. The van der Waals surface area contributed by atoms with Gasteiger partial charge >= 0.3 is 0 Å². The molecule has 0 aromatic rings. The highest BCUT2D eigenvalue weighted by atomic mass is 16.5. The summed E-state index contributed by atoms with van der Waals surface area (Å²) in [6.45, 7) is 4.55. The van der Waals surface area contributed by atoms with E-state index in [1.807, 2.05) is 0 Å². The molecular weight excluding hydrogens is 168 g/mol. The van der Waals surface area contributed by atoms with Gasteiger partial charge < -0.3 is 9.84 Å². The van der Waals surface area contributed by atoms with E-state index in [0.717, 1.165) is 5.71 Å². The Kier molecular flexibility index (Phi) is 3.42. The standard InChI is InChI=1S/C9H16N2O2/c1-6(2)9-7(5-12)10-4-8(11-9)13-3/h6,9,12H,4-5H2,1-3H3/t9-/m1/s1. The second kappa shape index (κ2) is 4.37. The maximum atomic E-state index is 9.03. The summed E-state index contributed by atoms with van der Waals surface area (Å²) in [5.41, 5.74) is 0.760. The number of aliphatic hydroxyl groups is 1. The zero-order valence-corrected chi connectivity index (χ0v) is 8.32. The van der Waals surface area contributed by atoms with Crippen molar-refractivity contribution in [1.29, 1.82) is 0 Å². The molecule has 0 aromatic carbocycles. The molecule has 1 aliphatic rings. The summed E-state index contributed by atoms with van der Waals surface area (Å²) in [7, 11) is 1.59. The summed E-state index contributed by atoms with van der Waals surface area (Å²) < 4.78 is 5.03. The lowest BCUT2D eigenvalue weighted by atomic mass is 9.99. The molecule has 1 N–H and O–H groups in total. The molecule has 0 saturated carbocycles. The Hall–Kier alpha value is -0.900. The van der Waals surface area contributed by atoms with Gasteiger partial charge in [0.25, 0.3) is 0 Å². The average molecular weight is 184 g/mol. The van der Waals surface area contributed by atoms with Crippen LogP contribution < -0.4 is 0 Å². The Bertz CT molecular complexity index is 234. The third-order valence-electron chi connectivity index (χ3n) is 2.07. The fourth-order valence-corrected chi connectivity index (χ4v) is 1.33. The topological polar surface area (TPSA) is 54.2 Å². The van der Waals surface area contributed by atoms with Gasteiger partial charge in [-0.15, -0.1) is 0 Å². The molecule has 1 aliphatic heterocycles. The van der Waals surface area contributed by atoms with E-state index in [9.17, 15) is 0 Å². The van der Waals surface area contributed by atoms with E-state index in [2.05, 4.69) is 23.8 Å². The first-order chi connectivity index (χ1) is 6.19. The van der Waals surface area contributed by atoms with Crippen LogP contribution in [-0.2, 0) is 4.74 Å². The lowest BCUT2D eigenvalue weighted by Gasteiger charge is -2.22. The monoisotopic (exact) mass is 184 g/mol. The van der Waals surface area contributed by atoms with E-state index in [0.29, 0.717) is 18.4 Å². The van der Waals surface area contributed by atoms with Crippen molar-refractivity contribution >= 4 is 11.6 Å². The lowest BCUT2D eigenvalue weighted by molar-refractivity contribution is 0.344. The minimum Gasteiger partial charge on any atom is -0.483 e. The molecule has 74 valence electrons. The quantitative estimate of drug-likeness (QED) is 0.679. The molecule has 0 aromatic heterocycles. The van der Waals surface area contributed by atoms with Crippen molar-refractivity contribution in [2.45, 2.75) is 19.9 Å². The average Bonchev–Trinajstić information content (AvgIpc) is 2.16. The van der Waals surface area contributed by atoms with E-state index in [-0.39, 0.29) is 12.6 Å². The number of rotatable bonds is 2. The van der Waals surface area contributed by atoms with E-state index in [1.165, 1.54) is 0 Å². The molecule has 0 aliphatic carbocycles. The Morgan fingerprint density at radius 2 is 2.31 bits per heavy atom. The van der Waals surface area contributed by atoms with Gasteiger partial charge in [0.15, 0.2) is 0 Å². The van der Waals surface area contributed by atoms with Crippen molar-refractivity contribution in [3.05, 3.63) is 0 Å². The molecule has 0 amide bonds. The minimum atomic E-state index is -0.0197. The van der Waals surface area contributed by atoms with Gasteiger partial charge in [-0.25, -0.2) is 4.99 Å². The highest BCUT2D eigenvalue weighted by Gasteiger charge is 2.22. The van der Waals surface area contributed by atoms with Gasteiger partial charge in [-0.3, -0.25) is 4.99 Å². The van der Waals surface area contributed by atoms with Crippen molar-refractivity contribution in [1.82, 2.24) is 0 Å². The number of aliphatic imine (C=N–C) groups is 2. The van der Waals surface area contributed by atoms with Gasteiger partial charge in [0, 0.05) is 0 Å². The number of methoxy groups -OCH3 is 1. The van der Waals surface area contributed by atoms with Crippen LogP contribution in [0, 0.1) is 5.92 Å². The van der Waals surface area contributed by atoms with Crippen molar-refractivity contribution in [3.8, 4) is 0 Å². The molecule has 4 nitrogen and oxygen atoms in total.